The smallest absolute Gasteiger partial charge is 0.241 e. The Kier molecular flexibility index (Phi) is 21.4. The monoisotopic (exact) mass is 1760 g/mol. The molecule has 22 aromatic rings. The van der Waals surface area contributed by atoms with Crippen LogP contribution in [0.1, 0.15) is 35.1 Å². The third-order valence-corrected chi connectivity index (χ3v) is 22.5. The summed E-state index contributed by atoms with van der Waals surface area (Å²) in [6.07, 6.45) is 23.6. The molecule has 24 heteroatoms. The van der Waals surface area contributed by atoms with Crippen molar-refractivity contribution in [1.82, 2.24) is 90.4 Å². The Morgan fingerprint density at radius 3 is 0.631 bits per heavy atom. The molecule has 0 spiro atoms. The number of hydrogen-bond donors (Lipinski definition) is 2. The SMILES string of the molecule is N#CC1(C(=O)NCCCCNC(=O)C2(C#N)Cc3cc4nc5c6cccnc6c6ncccc6c5nc4cc3C2)Cc2cc3nc4c5cccnc5c5ncccc5c4nc3cc2C1.[Ru].[Ru].c1cnc2c(c1)ccc1cccnc12.c1cnc2c(c1)ccc1cccnc12.c1cnc2c(c1)ccc1cccnc12.c1cnc2c(c1)ccc1cccnc12. The molecule has 0 bridgehead atoms. The summed E-state index contributed by atoms with van der Waals surface area (Å²) in [5.74, 6) is -0.656. The molecule has 0 atom stereocenters. The van der Waals surface area contributed by atoms with Gasteiger partial charge in [-0.1, -0.05) is 97.1 Å². The molecule has 122 heavy (non-hydrogen) atoms. The molecule has 2 aliphatic carbocycles. The zero-order valence-corrected chi connectivity index (χ0v) is 68.4. The molecule has 0 fully saturated rings. The third kappa shape index (κ3) is 14.5. The number of amides is 2. The van der Waals surface area contributed by atoms with E-state index in [1.807, 2.05) is 121 Å². The van der Waals surface area contributed by atoms with Crippen LogP contribution in [0.3, 0.4) is 0 Å². The van der Waals surface area contributed by atoms with Crippen molar-refractivity contribution in [3.8, 4) is 12.1 Å². The number of unbranched alkanes of at least 4 members (excludes halogenated alkanes) is 1. The summed E-state index contributed by atoms with van der Waals surface area (Å²) in [7, 11) is 0. The molecule has 22 nitrogen and oxygen atoms in total. The van der Waals surface area contributed by atoms with Gasteiger partial charge in [0.1, 0.15) is 10.8 Å². The van der Waals surface area contributed by atoms with Gasteiger partial charge in [-0.15, -0.1) is 0 Å². The van der Waals surface area contributed by atoms with Crippen LogP contribution in [0.2, 0.25) is 0 Å². The molecule has 14 aromatic heterocycles. The van der Waals surface area contributed by atoms with Crippen molar-refractivity contribution in [2.45, 2.75) is 38.5 Å². The number of benzene rings is 8. The van der Waals surface area contributed by atoms with E-state index in [9.17, 15) is 20.1 Å². The second-order valence-corrected chi connectivity index (χ2v) is 29.8. The summed E-state index contributed by atoms with van der Waals surface area (Å²) in [6.45, 7) is 0.666. The number of aromatic nitrogens is 16. The van der Waals surface area contributed by atoms with Crippen molar-refractivity contribution >= 4 is 187 Å². The first-order chi connectivity index (χ1) is 59.1. The Balaban J connectivity index is 0.000000138. The van der Waals surface area contributed by atoms with Crippen LogP contribution in [0.25, 0.3) is 175 Å². The maximum absolute atomic E-state index is 13.7. The molecule has 0 saturated heterocycles. The predicted octanol–water partition coefficient (Wildman–Crippen LogP) is 18.1. The van der Waals surface area contributed by atoms with Gasteiger partial charge in [0.05, 0.1) is 122 Å². The van der Waals surface area contributed by atoms with Gasteiger partial charge < -0.3 is 10.6 Å². The van der Waals surface area contributed by atoms with E-state index in [1.54, 1.807) is 74.4 Å². The standard InChI is InChI=1S/C50H34N12O2.4C12H8N2.2Ru/c51-25-49(21-27-17-35-36(18-28(27)22-49)60-44-32-8-4-14-54-40(32)39-31(43(44)59-35)7-3-13-53-39)47(63)57-11-1-2-12-58-48(64)50(26-52)23-29-19-37-38(20-30(29)24-50)62-46-34-10-6-16-56-42(34)41-33(45(46)61-37)9-5-15-55-41;4*1-3-9-5-6-10-4-2-8-14-12(10)11(9)13-7-1;;/h3-10,13-20H,1-2,11-12,21-24H2,(H,57,63)(H,58,64);4*1-8H;;. The number of carbonyl (C=O) groups excluding carboxylic acids is 2. The van der Waals surface area contributed by atoms with Gasteiger partial charge in [-0.3, -0.25) is 69.4 Å². The number of fused-ring (bicyclic) bond motifs is 28. The molecule has 2 amide bonds. The fourth-order valence-electron chi connectivity index (χ4n) is 16.6. The Hall–Kier alpha value is -15.0. The first-order valence-corrected chi connectivity index (χ1v) is 39.4. The molecular weight excluding hydrogens is 1690 g/mol. The van der Waals surface area contributed by atoms with E-state index < -0.39 is 10.8 Å². The van der Waals surface area contributed by atoms with Crippen molar-refractivity contribution in [2.75, 3.05) is 13.1 Å². The van der Waals surface area contributed by atoms with Crippen LogP contribution in [-0.4, -0.2) is 105 Å². The first kappa shape index (κ1) is 78.2. The minimum absolute atomic E-state index is 0. The van der Waals surface area contributed by atoms with Gasteiger partial charge in [-0.05, 0) is 156 Å². The fraction of sp³-hybridized carbons (Fsp3) is 0.102. The van der Waals surface area contributed by atoms with Crippen LogP contribution in [0.15, 0.2) is 293 Å². The quantitative estimate of drug-likeness (QED) is 0.0648. The average molecular weight is 1760 g/mol. The Morgan fingerprint density at radius 1 is 0.262 bits per heavy atom. The van der Waals surface area contributed by atoms with Crippen LogP contribution in [0.5, 0.6) is 0 Å². The van der Waals surface area contributed by atoms with Crippen LogP contribution < -0.4 is 10.6 Å². The summed E-state index contributed by atoms with van der Waals surface area (Å²) in [5.41, 5.74) is 17.6. The molecule has 8 aromatic carbocycles. The molecule has 0 radical (unpaired) electrons. The predicted molar refractivity (Wildman–Crippen MR) is 470 cm³/mol. The molecule has 586 valence electrons. The van der Waals surface area contributed by atoms with Crippen LogP contribution in [0.4, 0.5) is 0 Å². The maximum Gasteiger partial charge on any atom is 0.241 e. The van der Waals surface area contributed by atoms with E-state index in [0.717, 1.165) is 175 Å². The summed E-state index contributed by atoms with van der Waals surface area (Å²) < 4.78 is 0. The molecule has 0 saturated carbocycles. The van der Waals surface area contributed by atoms with Gasteiger partial charge in [-0.2, -0.15) is 10.5 Å². The molecule has 0 unspecified atom stereocenters. The van der Waals surface area contributed by atoms with Crippen molar-refractivity contribution in [2.24, 2.45) is 10.8 Å². The summed E-state index contributed by atoms with van der Waals surface area (Å²) >= 11 is 0. The Bertz CT molecular complexity index is 6930. The molecule has 14 heterocycles. The van der Waals surface area contributed by atoms with E-state index in [1.165, 1.54) is 0 Å². The number of rotatable bonds is 7. The summed E-state index contributed by atoms with van der Waals surface area (Å²) in [6, 6.07) is 76.4. The molecule has 0 aliphatic heterocycles. The van der Waals surface area contributed by atoms with Gasteiger partial charge in [0.25, 0.3) is 0 Å². The minimum Gasteiger partial charge on any atom is -0.355 e. The normalized spacial score (nSPS) is 12.8. The molecular formula is C98H66N20O2Ru2. The van der Waals surface area contributed by atoms with Crippen LogP contribution in [-0.2, 0) is 74.2 Å². The number of nitrogens with one attached hydrogen (secondary N) is 2. The van der Waals surface area contributed by atoms with Crippen molar-refractivity contribution in [3.63, 3.8) is 0 Å². The summed E-state index contributed by atoms with van der Waals surface area (Å²) in [4.78, 5) is 101. The van der Waals surface area contributed by atoms with E-state index in [-0.39, 0.29) is 76.5 Å². The molecule has 24 rings (SSSR count). The Labute approximate surface area is 720 Å². The minimum atomic E-state index is -1.27. The van der Waals surface area contributed by atoms with Crippen LogP contribution in [0, 0.1) is 33.5 Å². The fourth-order valence-corrected chi connectivity index (χ4v) is 16.6. The largest absolute Gasteiger partial charge is 0.355 e. The third-order valence-electron chi connectivity index (χ3n) is 22.5. The molecule has 2 N–H and O–H groups in total. The van der Waals surface area contributed by atoms with Gasteiger partial charge in [0.2, 0.25) is 11.8 Å². The summed E-state index contributed by atoms with van der Waals surface area (Å²) in [5, 5.41) is 39.4. The first-order valence-electron chi connectivity index (χ1n) is 39.4. The van der Waals surface area contributed by atoms with Gasteiger partial charge in [-0.25, -0.2) is 19.9 Å². The second-order valence-electron chi connectivity index (χ2n) is 29.8. The topological polar surface area (TPSA) is 312 Å². The van der Waals surface area contributed by atoms with Crippen molar-refractivity contribution in [3.05, 3.63) is 315 Å². The van der Waals surface area contributed by atoms with Crippen molar-refractivity contribution in [1.29, 1.82) is 10.5 Å². The van der Waals surface area contributed by atoms with E-state index in [4.69, 9.17) is 19.9 Å². The molecule has 2 aliphatic rings. The van der Waals surface area contributed by atoms with Gasteiger partial charge in [0.15, 0.2) is 0 Å². The number of nitriles is 2. The van der Waals surface area contributed by atoms with Crippen LogP contribution >= 0.6 is 0 Å². The maximum atomic E-state index is 13.7. The van der Waals surface area contributed by atoms with Crippen molar-refractivity contribution < 1.29 is 48.5 Å². The number of nitrogens with zero attached hydrogens (tertiary/aromatic N) is 18. The van der Waals surface area contributed by atoms with E-state index in [2.05, 4.69) is 180 Å². The second kappa shape index (κ2) is 33.4. The number of hydrogen-bond acceptors (Lipinski definition) is 20. The average Bonchev–Trinajstić information content (AvgIpc) is 1.02. The zero-order chi connectivity index (χ0) is 80.7. The van der Waals surface area contributed by atoms with Gasteiger partial charge >= 0.3 is 0 Å². The van der Waals surface area contributed by atoms with E-state index >= 15 is 0 Å². The van der Waals surface area contributed by atoms with E-state index in [0.29, 0.717) is 48.0 Å². The zero-order valence-electron chi connectivity index (χ0n) is 64.9. The van der Waals surface area contributed by atoms with Gasteiger partial charge in [0, 0.05) is 217 Å². The number of pyridine rings is 12. The Morgan fingerprint density at radius 2 is 0.443 bits per heavy atom. The number of carbonyl (C=O) groups is 2.